The van der Waals surface area contributed by atoms with Crippen molar-refractivity contribution in [2.75, 3.05) is 0 Å². The van der Waals surface area contributed by atoms with E-state index in [1.807, 2.05) is 12.1 Å². The normalized spacial score (nSPS) is 21.7. The number of allylic oxidation sites excluding steroid dienone is 2. The minimum Gasteiger partial charge on any atom is -0.0804 e. The first-order valence-electron chi connectivity index (χ1n) is 6.23. The van der Waals surface area contributed by atoms with Crippen molar-refractivity contribution in [3.8, 4) is 0 Å². The second-order valence-corrected chi connectivity index (χ2v) is 5.84. The molecule has 1 aliphatic carbocycles. The van der Waals surface area contributed by atoms with Crippen LogP contribution in [0.1, 0.15) is 45.6 Å². The van der Waals surface area contributed by atoms with E-state index in [0.717, 1.165) is 5.92 Å². The highest BCUT2D eigenvalue weighted by molar-refractivity contribution is 5.65. The van der Waals surface area contributed by atoms with Gasteiger partial charge in [0.1, 0.15) is 0 Å². The summed E-state index contributed by atoms with van der Waals surface area (Å²) in [5.41, 5.74) is 3.22. The molecule has 0 heterocycles. The van der Waals surface area contributed by atoms with Gasteiger partial charge in [0.15, 0.2) is 0 Å². The van der Waals surface area contributed by atoms with E-state index in [1.54, 1.807) is 0 Å². The van der Waals surface area contributed by atoms with Gasteiger partial charge < -0.3 is 0 Å². The quantitative estimate of drug-likeness (QED) is 0.633. The van der Waals surface area contributed by atoms with Crippen molar-refractivity contribution in [2.45, 2.75) is 40.0 Å². The third-order valence-electron chi connectivity index (χ3n) is 3.69. The largest absolute Gasteiger partial charge is 0.0804 e. The first-order valence-corrected chi connectivity index (χ1v) is 6.23. The minimum atomic E-state index is 0.447. The molecule has 0 spiro atoms. The van der Waals surface area contributed by atoms with Crippen LogP contribution < -0.4 is 0 Å². The van der Waals surface area contributed by atoms with Gasteiger partial charge in [-0.25, -0.2) is 0 Å². The smallest absolute Gasteiger partial charge is 0.0103 e. The van der Waals surface area contributed by atoms with Gasteiger partial charge in [-0.3, -0.25) is 0 Å². The van der Waals surface area contributed by atoms with Crippen LogP contribution in [0.3, 0.4) is 0 Å². The molecule has 1 aliphatic rings. The summed E-state index contributed by atoms with van der Waals surface area (Å²) in [5.74, 6) is 0.833. The molecular formula is C16H21. The van der Waals surface area contributed by atoms with E-state index < -0.39 is 0 Å². The molecule has 0 bridgehead atoms. The van der Waals surface area contributed by atoms with Gasteiger partial charge in [-0.15, -0.1) is 0 Å². The van der Waals surface area contributed by atoms with Crippen molar-refractivity contribution >= 4 is 5.57 Å². The number of benzene rings is 1. The van der Waals surface area contributed by atoms with Crippen LogP contribution in [0.2, 0.25) is 0 Å². The van der Waals surface area contributed by atoms with Crippen molar-refractivity contribution in [1.82, 2.24) is 0 Å². The molecule has 0 saturated heterocycles. The summed E-state index contributed by atoms with van der Waals surface area (Å²) < 4.78 is 0. The van der Waals surface area contributed by atoms with Gasteiger partial charge in [-0.05, 0) is 47.8 Å². The Morgan fingerprint density at radius 2 is 2.06 bits per heavy atom. The van der Waals surface area contributed by atoms with Crippen LogP contribution in [0, 0.1) is 17.4 Å². The maximum absolute atomic E-state index is 3.32. The Balaban J connectivity index is 2.10. The summed E-state index contributed by atoms with van der Waals surface area (Å²) in [6.45, 7) is 7.06. The standard InChI is InChI=1S/C16H21/c1-16(2,3)15-11-9-14(10-12-15)13-7-5-4-6-8-13/h4-7,9,15H,10-12H2,1-3H3. The lowest BCUT2D eigenvalue weighted by Crippen LogP contribution is -2.21. The van der Waals surface area contributed by atoms with Crippen LogP contribution in [-0.4, -0.2) is 0 Å². The van der Waals surface area contributed by atoms with Crippen molar-refractivity contribution in [3.05, 3.63) is 42.0 Å². The average molecular weight is 213 g/mol. The summed E-state index contributed by atoms with van der Waals surface area (Å²) in [4.78, 5) is 0. The third-order valence-corrected chi connectivity index (χ3v) is 3.69. The molecule has 0 nitrogen and oxygen atoms in total. The molecule has 1 aromatic rings. The van der Waals surface area contributed by atoms with Gasteiger partial charge in [0.25, 0.3) is 0 Å². The molecule has 0 N–H and O–H groups in total. The molecule has 1 atom stereocenters. The second-order valence-electron chi connectivity index (χ2n) is 5.84. The highest BCUT2D eigenvalue weighted by Gasteiger charge is 2.26. The van der Waals surface area contributed by atoms with Crippen molar-refractivity contribution in [3.63, 3.8) is 0 Å². The third kappa shape index (κ3) is 2.55. The molecule has 1 unspecified atom stereocenters. The van der Waals surface area contributed by atoms with E-state index in [9.17, 15) is 0 Å². The van der Waals surface area contributed by atoms with Crippen LogP contribution in [0.4, 0.5) is 0 Å². The zero-order valence-electron chi connectivity index (χ0n) is 10.6. The average Bonchev–Trinajstić information content (AvgIpc) is 2.29. The highest BCUT2D eigenvalue weighted by Crippen LogP contribution is 2.39. The molecular weight excluding hydrogens is 192 g/mol. The van der Waals surface area contributed by atoms with Crippen LogP contribution in [-0.2, 0) is 0 Å². The Morgan fingerprint density at radius 1 is 1.25 bits per heavy atom. The summed E-state index contributed by atoms with van der Waals surface area (Å²) in [6.07, 6.45) is 6.17. The van der Waals surface area contributed by atoms with Crippen molar-refractivity contribution in [1.29, 1.82) is 0 Å². The molecule has 2 rings (SSSR count). The van der Waals surface area contributed by atoms with E-state index in [-0.39, 0.29) is 0 Å². The lowest BCUT2D eigenvalue weighted by Gasteiger charge is -2.33. The SMILES string of the molecule is CC(C)(C)C1CC=C(c2[c]cccc2)CC1. The number of hydrogen-bond acceptors (Lipinski definition) is 0. The molecule has 0 saturated carbocycles. The molecule has 0 fully saturated rings. The Bertz CT molecular complexity index is 365. The molecule has 0 aromatic heterocycles. The first-order chi connectivity index (χ1) is 7.57. The van der Waals surface area contributed by atoms with Gasteiger partial charge in [0.05, 0.1) is 0 Å². The molecule has 1 radical (unpaired) electrons. The summed E-state index contributed by atoms with van der Waals surface area (Å²) >= 11 is 0. The fourth-order valence-corrected chi connectivity index (χ4v) is 2.46. The van der Waals surface area contributed by atoms with E-state index in [2.05, 4.69) is 45.0 Å². The number of hydrogen-bond donors (Lipinski definition) is 0. The van der Waals surface area contributed by atoms with E-state index >= 15 is 0 Å². The zero-order valence-corrected chi connectivity index (χ0v) is 10.6. The predicted octanol–water partition coefficient (Wildman–Crippen LogP) is 4.72. The lowest BCUT2D eigenvalue weighted by atomic mass is 9.72. The molecule has 16 heavy (non-hydrogen) atoms. The zero-order chi connectivity index (χ0) is 11.6. The molecule has 0 heteroatoms. The van der Waals surface area contributed by atoms with Crippen molar-refractivity contribution in [2.24, 2.45) is 11.3 Å². The Kier molecular flexibility index (Phi) is 3.18. The number of rotatable bonds is 1. The molecule has 1 aromatic carbocycles. The molecule has 85 valence electrons. The monoisotopic (exact) mass is 213 g/mol. The molecule has 0 amide bonds. The van der Waals surface area contributed by atoms with Crippen LogP contribution in [0.15, 0.2) is 30.3 Å². The Labute approximate surface area is 99.4 Å². The topological polar surface area (TPSA) is 0 Å². The van der Waals surface area contributed by atoms with Gasteiger partial charge in [-0.1, -0.05) is 51.1 Å². The maximum atomic E-state index is 3.32. The summed E-state index contributed by atoms with van der Waals surface area (Å²) in [7, 11) is 0. The van der Waals surface area contributed by atoms with Gasteiger partial charge in [-0.2, -0.15) is 0 Å². The van der Waals surface area contributed by atoms with Crippen LogP contribution >= 0.6 is 0 Å². The van der Waals surface area contributed by atoms with E-state index in [4.69, 9.17) is 0 Å². The predicted molar refractivity (Wildman–Crippen MR) is 70.1 cm³/mol. The highest BCUT2D eigenvalue weighted by atomic mass is 14.3. The van der Waals surface area contributed by atoms with E-state index in [1.165, 1.54) is 30.4 Å². The minimum absolute atomic E-state index is 0.447. The van der Waals surface area contributed by atoms with Gasteiger partial charge in [0, 0.05) is 0 Å². The fourth-order valence-electron chi connectivity index (χ4n) is 2.46. The van der Waals surface area contributed by atoms with Gasteiger partial charge >= 0.3 is 0 Å². The summed E-state index contributed by atoms with van der Waals surface area (Å²) in [5, 5.41) is 0. The lowest BCUT2D eigenvalue weighted by molar-refractivity contribution is 0.225. The first kappa shape index (κ1) is 11.4. The van der Waals surface area contributed by atoms with Gasteiger partial charge in [0.2, 0.25) is 0 Å². The second kappa shape index (κ2) is 4.45. The van der Waals surface area contributed by atoms with Crippen LogP contribution in [0.25, 0.3) is 5.57 Å². The Hall–Kier alpha value is -1.04. The van der Waals surface area contributed by atoms with Crippen molar-refractivity contribution < 1.29 is 0 Å². The fraction of sp³-hybridized carbons (Fsp3) is 0.500. The summed E-state index contributed by atoms with van der Waals surface area (Å²) in [6, 6.07) is 11.6. The van der Waals surface area contributed by atoms with Crippen LogP contribution in [0.5, 0.6) is 0 Å². The Morgan fingerprint density at radius 3 is 2.56 bits per heavy atom. The molecule has 0 aliphatic heterocycles. The van der Waals surface area contributed by atoms with E-state index in [0.29, 0.717) is 5.41 Å². The maximum Gasteiger partial charge on any atom is -0.0103 e.